The van der Waals surface area contributed by atoms with Crippen LogP contribution < -0.4 is 10.2 Å². The average molecular weight is 464 g/mol. The van der Waals surface area contributed by atoms with E-state index in [0.29, 0.717) is 35.9 Å². The monoisotopic (exact) mass is 464 g/mol. The Morgan fingerprint density at radius 3 is 2.60 bits per heavy atom. The summed E-state index contributed by atoms with van der Waals surface area (Å²) in [5.74, 6) is 0.0829. The van der Waals surface area contributed by atoms with Crippen molar-refractivity contribution in [3.8, 4) is 5.69 Å². The summed E-state index contributed by atoms with van der Waals surface area (Å²) in [4.78, 5) is 31.2. The highest BCUT2D eigenvalue weighted by molar-refractivity contribution is 6.21. The number of anilines is 3. The highest BCUT2D eigenvalue weighted by atomic mass is 16.2. The minimum Gasteiger partial charge on any atom is -0.337 e. The molecule has 0 unspecified atom stereocenters. The molecule has 0 radical (unpaired) electrons. The standard InChI is InChI=1S/C25H20N8O2/c34-23-15-24(35)32(21-10-5-17-3-1-2-4-20(17)25(21)27-23)18-6-8-19(9-7-18)33-22(28-29-30-33)11-13-31-14-12-26-16-31/h1-10,12,14,16H,11,13,15H2,(H,27,34). The van der Waals surface area contributed by atoms with Gasteiger partial charge in [-0.3, -0.25) is 14.5 Å². The number of carbonyl (C=O) groups is 2. The van der Waals surface area contributed by atoms with Gasteiger partial charge in [-0.2, -0.15) is 4.68 Å². The lowest BCUT2D eigenvalue weighted by molar-refractivity contribution is -0.124. The van der Waals surface area contributed by atoms with Crippen molar-refractivity contribution in [1.82, 2.24) is 29.8 Å². The topological polar surface area (TPSA) is 111 Å². The molecule has 2 amide bonds. The molecular formula is C25H20N8O2. The first-order valence-electron chi connectivity index (χ1n) is 11.2. The van der Waals surface area contributed by atoms with Crippen molar-refractivity contribution in [2.75, 3.05) is 10.2 Å². The summed E-state index contributed by atoms with van der Waals surface area (Å²) in [6.45, 7) is 0.701. The predicted molar refractivity (Wildman–Crippen MR) is 129 cm³/mol. The summed E-state index contributed by atoms with van der Waals surface area (Å²) in [6.07, 6.45) is 5.76. The molecule has 0 bridgehead atoms. The Labute approximate surface area is 199 Å². The number of amides is 2. The Kier molecular flexibility index (Phi) is 5.03. The predicted octanol–water partition coefficient (Wildman–Crippen LogP) is 3.26. The lowest BCUT2D eigenvalue weighted by Crippen LogP contribution is -2.26. The van der Waals surface area contributed by atoms with Gasteiger partial charge in [-0.05, 0) is 46.1 Å². The Morgan fingerprint density at radius 2 is 1.77 bits per heavy atom. The molecule has 0 atom stereocenters. The van der Waals surface area contributed by atoms with E-state index in [1.165, 1.54) is 0 Å². The minimum absolute atomic E-state index is 0.240. The number of hydrogen-bond donors (Lipinski definition) is 1. The fourth-order valence-electron chi connectivity index (χ4n) is 4.35. The molecule has 3 aromatic carbocycles. The van der Waals surface area contributed by atoms with Gasteiger partial charge in [-0.1, -0.05) is 30.3 Å². The van der Waals surface area contributed by atoms with E-state index in [1.54, 1.807) is 22.1 Å². The lowest BCUT2D eigenvalue weighted by Gasteiger charge is -2.23. The third-order valence-electron chi connectivity index (χ3n) is 6.01. The van der Waals surface area contributed by atoms with E-state index in [0.717, 1.165) is 16.5 Å². The number of carbonyl (C=O) groups excluding carboxylic acids is 2. The first kappa shape index (κ1) is 20.7. The highest BCUT2D eigenvalue weighted by Gasteiger charge is 2.28. The van der Waals surface area contributed by atoms with Crippen molar-refractivity contribution in [1.29, 1.82) is 0 Å². The van der Waals surface area contributed by atoms with Crippen molar-refractivity contribution in [2.45, 2.75) is 19.4 Å². The number of aromatic nitrogens is 6. The molecule has 0 saturated carbocycles. The maximum absolute atomic E-state index is 13.1. The fraction of sp³-hybridized carbons (Fsp3) is 0.120. The van der Waals surface area contributed by atoms with Crippen LogP contribution in [0.15, 0.2) is 79.4 Å². The molecule has 10 heteroatoms. The molecule has 1 aliphatic rings. The molecule has 0 fully saturated rings. The van der Waals surface area contributed by atoms with Crippen LogP contribution in [-0.2, 0) is 22.6 Å². The lowest BCUT2D eigenvalue weighted by atomic mass is 10.1. The third kappa shape index (κ3) is 3.80. The SMILES string of the molecule is O=C1CC(=O)N(c2ccc(-n3nnnc3CCn3ccnc3)cc2)c2ccc3ccccc3c2N1. The first-order valence-corrected chi connectivity index (χ1v) is 11.2. The molecule has 0 saturated heterocycles. The zero-order chi connectivity index (χ0) is 23.8. The molecule has 2 aromatic heterocycles. The van der Waals surface area contributed by atoms with E-state index in [-0.39, 0.29) is 18.2 Å². The third-order valence-corrected chi connectivity index (χ3v) is 6.01. The Balaban J connectivity index is 1.35. The smallest absolute Gasteiger partial charge is 0.241 e. The normalized spacial score (nSPS) is 13.5. The molecule has 172 valence electrons. The van der Waals surface area contributed by atoms with Crippen LogP contribution in [0.3, 0.4) is 0 Å². The van der Waals surface area contributed by atoms with E-state index in [1.807, 2.05) is 71.4 Å². The summed E-state index contributed by atoms with van der Waals surface area (Å²) < 4.78 is 3.64. The van der Waals surface area contributed by atoms with Gasteiger partial charge in [-0.25, -0.2) is 4.98 Å². The Bertz CT molecular complexity index is 1540. The van der Waals surface area contributed by atoms with Crippen LogP contribution in [0.1, 0.15) is 12.2 Å². The van der Waals surface area contributed by atoms with Crippen LogP contribution in [-0.4, -0.2) is 41.6 Å². The first-order chi connectivity index (χ1) is 17.2. The average Bonchev–Trinajstić information content (AvgIpc) is 3.54. The maximum Gasteiger partial charge on any atom is 0.241 e. The van der Waals surface area contributed by atoms with Crippen LogP contribution in [0.25, 0.3) is 16.5 Å². The number of nitrogens with zero attached hydrogens (tertiary/aromatic N) is 7. The zero-order valence-electron chi connectivity index (χ0n) is 18.6. The van der Waals surface area contributed by atoms with Gasteiger partial charge in [0.1, 0.15) is 6.42 Å². The molecule has 0 spiro atoms. The second-order valence-corrected chi connectivity index (χ2v) is 8.21. The van der Waals surface area contributed by atoms with E-state index in [2.05, 4.69) is 25.8 Å². The zero-order valence-corrected chi connectivity index (χ0v) is 18.6. The van der Waals surface area contributed by atoms with Crippen LogP contribution in [0, 0.1) is 0 Å². The number of fused-ring (bicyclic) bond motifs is 3. The summed E-state index contributed by atoms with van der Waals surface area (Å²) in [5.41, 5.74) is 2.69. The summed E-state index contributed by atoms with van der Waals surface area (Å²) in [5, 5.41) is 16.9. The minimum atomic E-state index is -0.331. The highest BCUT2D eigenvalue weighted by Crippen LogP contribution is 2.40. The Morgan fingerprint density at radius 1 is 0.943 bits per heavy atom. The van der Waals surface area contributed by atoms with Crippen molar-refractivity contribution in [3.05, 3.63) is 85.2 Å². The second-order valence-electron chi connectivity index (χ2n) is 8.21. The van der Waals surface area contributed by atoms with Crippen LogP contribution in [0.2, 0.25) is 0 Å². The summed E-state index contributed by atoms with van der Waals surface area (Å²) >= 11 is 0. The van der Waals surface area contributed by atoms with Gasteiger partial charge < -0.3 is 9.88 Å². The number of aryl methyl sites for hydroxylation is 2. The molecule has 6 rings (SSSR count). The number of benzene rings is 3. The van der Waals surface area contributed by atoms with Crippen molar-refractivity contribution in [3.63, 3.8) is 0 Å². The van der Waals surface area contributed by atoms with Gasteiger partial charge in [0.05, 0.1) is 23.4 Å². The Hall–Kier alpha value is -4.86. The van der Waals surface area contributed by atoms with Crippen molar-refractivity contribution < 1.29 is 9.59 Å². The molecule has 1 aliphatic heterocycles. The number of hydrogen-bond acceptors (Lipinski definition) is 6. The maximum atomic E-state index is 13.1. The molecule has 5 aromatic rings. The van der Waals surface area contributed by atoms with Crippen molar-refractivity contribution >= 4 is 39.6 Å². The molecule has 3 heterocycles. The molecule has 35 heavy (non-hydrogen) atoms. The van der Waals surface area contributed by atoms with E-state index < -0.39 is 0 Å². The number of imidazole rings is 1. The summed E-state index contributed by atoms with van der Waals surface area (Å²) in [6, 6.07) is 19.0. The van der Waals surface area contributed by atoms with Gasteiger partial charge in [0.15, 0.2) is 5.82 Å². The largest absolute Gasteiger partial charge is 0.337 e. The van der Waals surface area contributed by atoms with Crippen LogP contribution in [0.5, 0.6) is 0 Å². The quantitative estimate of drug-likeness (QED) is 0.400. The van der Waals surface area contributed by atoms with Gasteiger partial charge >= 0.3 is 0 Å². The van der Waals surface area contributed by atoms with Crippen molar-refractivity contribution in [2.24, 2.45) is 0 Å². The number of nitrogens with one attached hydrogen (secondary N) is 1. The van der Waals surface area contributed by atoms with Gasteiger partial charge in [0.2, 0.25) is 11.8 Å². The van der Waals surface area contributed by atoms with Crippen LogP contribution in [0.4, 0.5) is 17.1 Å². The van der Waals surface area contributed by atoms with E-state index in [4.69, 9.17) is 0 Å². The van der Waals surface area contributed by atoms with Gasteiger partial charge in [-0.15, -0.1) is 5.10 Å². The number of tetrazole rings is 1. The molecular weight excluding hydrogens is 444 g/mol. The van der Waals surface area contributed by atoms with Gasteiger partial charge in [0.25, 0.3) is 0 Å². The van der Waals surface area contributed by atoms with E-state index >= 15 is 0 Å². The van der Waals surface area contributed by atoms with Gasteiger partial charge in [0, 0.05) is 36.4 Å². The van der Waals surface area contributed by atoms with E-state index in [9.17, 15) is 9.59 Å². The molecule has 10 nitrogen and oxygen atoms in total. The fourth-order valence-corrected chi connectivity index (χ4v) is 4.35. The molecule has 0 aliphatic carbocycles. The number of rotatable bonds is 5. The summed E-state index contributed by atoms with van der Waals surface area (Å²) in [7, 11) is 0. The van der Waals surface area contributed by atoms with Crippen LogP contribution >= 0.6 is 0 Å². The second kappa shape index (κ2) is 8.49. The molecule has 1 N–H and O–H groups in total.